The van der Waals surface area contributed by atoms with Crippen LogP contribution in [0.4, 0.5) is 0 Å². The minimum Gasteiger partial charge on any atom is -0.489 e. The first-order valence-corrected chi connectivity index (χ1v) is 10.9. The lowest BCUT2D eigenvalue weighted by molar-refractivity contribution is -0.136. The number of carboxylic acids is 1. The molecule has 1 aromatic heterocycles. The summed E-state index contributed by atoms with van der Waals surface area (Å²) in [5.41, 5.74) is 1.50. The number of furan rings is 1. The van der Waals surface area contributed by atoms with Gasteiger partial charge in [-0.2, -0.15) is 0 Å². The Morgan fingerprint density at radius 2 is 1.88 bits per heavy atom. The molecule has 4 rings (SSSR count). The molecule has 170 valence electrons. The van der Waals surface area contributed by atoms with Crippen LogP contribution in [0.15, 0.2) is 83.5 Å². The van der Waals surface area contributed by atoms with Crippen LogP contribution in [0.1, 0.15) is 44.3 Å². The van der Waals surface area contributed by atoms with E-state index in [0.29, 0.717) is 23.5 Å². The maximum absolute atomic E-state index is 13.5. The molecule has 33 heavy (non-hydrogen) atoms. The number of rotatable bonds is 11. The quantitative estimate of drug-likeness (QED) is 0.390. The van der Waals surface area contributed by atoms with E-state index in [4.69, 9.17) is 17.0 Å². The number of hydrogen-bond acceptors (Lipinski definition) is 4. The van der Waals surface area contributed by atoms with E-state index in [1.807, 2.05) is 6.07 Å². The van der Waals surface area contributed by atoms with Crippen molar-refractivity contribution in [2.75, 3.05) is 6.61 Å². The first-order chi connectivity index (χ1) is 16.9. The normalized spacial score (nSPS) is 14.5. The Bertz CT molecular complexity index is 1180. The fourth-order valence-electron chi connectivity index (χ4n) is 3.34. The number of amides is 1. The fourth-order valence-corrected chi connectivity index (χ4v) is 3.34. The number of aliphatic carboxylic acids is 1. The maximum Gasteiger partial charge on any atom is 0.303 e. The molecule has 3 aromatic rings. The molecule has 6 heteroatoms. The van der Waals surface area contributed by atoms with Crippen molar-refractivity contribution in [3.63, 3.8) is 0 Å². The van der Waals surface area contributed by atoms with Gasteiger partial charge in [-0.25, -0.2) is 0 Å². The molecule has 1 N–H and O–H groups in total. The highest BCUT2D eigenvalue weighted by Gasteiger charge is 2.33. The van der Waals surface area contributed by atoms with E-state index in [2.05, 4.69) is 0 Å². The first kappa shape index (κ1) is 19.9. The van der Waals surface area contributed by atoms with Gasteiger partial charge in [-0.15, -0.1) is 0 Å². The van der Waals surface area contributed by atoms with Crippen molar-refractivity contribution in [1.29, 1.82) is 0 Å². The zero-order valence-electron chi connectivity index (χ0n) is 20.1. The molecule has 1 aliphatic rings. The summed E-state index contributed by atoms with van der Waals surface area (Å²) in [4.78, 5) is 25.4. The summed E-state index contributed by atoms with van der Waals surface area (Å²) in [7, 11) is 0. The van der Waals surface area contributed by atoms with Crippen molar-refractivity contribution in [2.24, 2.45) is 0 Å². The average molecular weight is 448 g/mol. The zero-order valence-corrected chi connectivity index (χ0v) is 18.1. The van der Waals surface area contributed by atoms with Crippen LogP contribution in [0.2, 0.25) is 0 Å². The van der Waals surface area contributed by atoms with Crippen molar-refractivity contribution in [2.45, 2.75) is 38.2 Å². The summed E-state index contributed by atoms with van der Waals surface area (Å²) in [6.45, 7) is -1.93. The third-order valence-electron chi connectivity index (χ3n) is 5.22. The Kier molecular flexibility index (Phi) is 6.42. The summed E-state index contributed by atoms with van der Waals surface area (Å²) in [6, 6.07) is 17.2. The Hall–Kier alpha value is -3.80. The molecule has 1 heterocycles. The molecule has 0 spiro atoms. The van der Waals surface area contributed by atoms with Gasteiger partial charge in [0.1, 0.15) is 18.1 Å². The van der Waals surface area contributed by atoms with Crippen LogP contribution in [-0.2, 0) is 11.3 Å². The number of allylic oxidation sites excluding steroid dienone is 1. The largest absolute Gasteiger partial charge is 0.489 e. The van der Waals surface area contributed by atoms with E-state index in [1.165, 1.54) is 4.90 Å². The average Bonchev–Trinajstić information content (AvgIpc) is 3.51. The molecular weight excluding hydrogens is 418 g/mol. The van der Waals surface area contributed by atoms with Crippen LogP contribution in [0.3, 0.4) is 0 Å². The van der Waals surface area contributed by atoms with E-state index < -0.39 is 12.5 Å². The standard InChI is InChI=1S/C27H27NO5/c29-26(30)10-2-1-5-17-32-25-8-4-3-7-22(25)19-28(23-15-16-23)27(31)21-13-11-20(12-14-21)24-9-6-18-33-24/h1,3-9,11-14,18,23H,2,10,15-17,19H2,(H,29,30)/b5-1-/i19D2. The van der Waals surface area contributed by atoms with E-state index in [0.717, 1.165) is 18.4 Å². The number of ether oxygens (including phenoxy) is 1. The van der Waals surface area contributed by atoms with Gasteiger partial charge in [0.15, 0.2) is 0 Å². The summed E-state index contributed by atoms with van der Waals surface area (Å²) < 4.78 is 29.1. The van der Waals surface area contributed by atoms with Gasteiger partial charge in [0, 0.05) is 35.6 Å². The van der Waals surface area contributed by atoms with Crippen LogP contribution in [0.5, 0.6) is 5.75 Å². The number of nitrogens with zero attached hydrogens (tertiary/aromatic N) is 1. The SMILES string of the molecule is [2H]C([2H])(c1ccccc1OC/C=C\CCC(=O)O)N(C(=O)c1ccc(-c2ccco2)cc1)C1CC1. The fraction of sp³-hybridized carbons (Fsp3) is 0.259. The minimum atomic E-state index is -2.10. The van der Waals surface area contributed by atoms with Crippen LogP contribution in [-0.4, -0.2) is 34.5 Å². The Morgan fingerprint density at radius 3 is 2.58 bits per heavy atom. The van der Waals surface area contributed by atoms with E-state index >= 15 is 0 Å². The molecule has 1 amide bonds. The number of carboxylic acid groups (broad SMARTS) is 1. The summed E-state index contributed by atoms with van der Waals surface area (Å²) >= 11 is 0. The number of carbonyl (C=O) groups excluding carboxylic acids is 1. The first-order valence-electron chi connectivity index (χ1n) is 11.9. The second kappa shape index (κ2) is 10.7. The lowest BCUT2D eigenvalue weighted by Crippen LogP contribution is -2.32. The van der Waals surface area contributed by atoms with Crippen molar-refractivity contribution in [3.05, 3.63) is 90.2 Å². The number of hydrogen-bond donors (Lipinski definition) is 1. The van der Waals surface area contributed by atoms with Gasteiger partial charge in [-0.05, 0) is 49.6 Å². The van der Waals surface area contributed by atoms with E-state index in [1.54, 1.807) is 73.0 Å². The van der Waals surface area contributed by atoms with Gasteiger partial charge in [0.05, 0.1) is 9.00 Å². The molecule has 6 nitrogen and oxygen atoms in total. The van der Waals surface area contributed by atoms with Gasteiger partial charge in [-0.3, -0.25) is 9.59 Å². The predicted octanol–water partition coefficient (Wildman–Crippen LogP) is 5.55. The molecule has 0 aliphatic heterocycles. The van der Waals surface area contributed by atoms with Gasteiger partial charge in [0.2, 0.25) is 0 Å². The van der Waals surface area contributed by atoms with Gasteiger partial charge < -0.3 is 19.2 Å². The third-order valence-corrected chi connectivity index (χ3v) is 5.22. The molecule has 1 fully saturated rings. The van der Waals surface area contributed by atoms with Gasteiger partial charge in [-0.1, -0.05) is 42.5 Å². The number of para-hydroxylation sites is 1. The smallest absolute Gasteiger partial charge is 0.303 e. The molecule has 0 unspecified atom stereocenters. The highest BCUT2D eigenvalue weighted by Crippen LogP contribution is 2.32. The second-order valence-corrected chi connectivity index (χ2v) is 7.78. The van der Waals surface area contributed by atoms with E-state index in [-0.39, 0.29) is 30.5 Å². The van der Waals surface area contributed by atoms with Gasteiger partial charge >= 0.3 is 5.97 Å². The Labute approximate surface area is 195 Å². The van der Waals surface area contributed by atoms with Crippen LogP contribution in [0.25, 0.3) is 11.3 Å². The van der Waals surface area contributed by atoms with E-state index in [9.17, 15) is 9.59 Å². The van der Waals surface area contributed by atoms with Crippen molar-refractivity contribution in [1.82, 2.24) is 4.90 Å². The number of carbonyl (C=O) groups is 2. The second-order valence-electron chi connectivity index (χ2n) is 7.78. The minimum absolute atomic E-state index is 0.0383. The summed E-state index contributed by atoms with van der Waals surface area (Å²) in [5.74, 6) is -0.213. The van der Waals surface area contributed by atoms with Gasteiger partial charge in [0.25, 0.3) is 5.91 Å². The monoisotopic (exact) mass is 447 g/mol. The molecule has 0 saturated heterocycles. The molecule has 0 bridgehead atoms. The Morgan fingerprint density at radius 1 is 1.09 bits per heavy atom. The molecule has 0 radical (unpaired) electrons. The predicted molar refractivity (Wildman–Crippen MR) is 125 cm³/mol. The zero-order chi connectivity index (χ0) is 24.8. The van der Waals surface area contributed by atoms with Crippen molar-refractivity contribution in [3.8, 4) is 17.1 Å². The molecular formula is C27H27NO5. The summed E-state index contributed by atoms with van der Waals surface area (Å²) in [5, 5.41) is 8.72. The van der Waals surface area contributed by atoms with Crippen LogP contribution >= 0.6 is 0 Å². The summed E-state index contributed by atoms with van der Waals surface area (Å²) in [6.07, 6.45) is 6.93. The molecule has 1 saturated carbocycles. The van der Waals surface area contributed by atoms with Crippen molar-refractivity contribution >= 4 is 11.9 Å². The molecule has 2 aromatic carbocycles. The van der Waals surface area contributed by atoms with Crippen molar-refractivity contribution < 1.29 is 26.6 Å². The number of benzene rings is 2. The molecule has 0 atom stereocenters. The highest BCUT2D eigenvalue weighted by atomic mass is 16.5. The van der Waals surface area contributed by atoms with Crippen LogP contribution in [0, 0.1) is 0 Å². The maximum atomic E-state index is 13.5. The lowest BCUT2D eigenvalue weighted by atomic mass is 10.1. The van der Waals surface area contributed by atoms with Crippen LogP contribution < -0.4 is 4.74 Å². The lowest BCUT2D eigenvalue weighted by Gasteiger charge is -2.24. The highest BCUT2D eigenvalue weighted by molar-refractivity contribution is 5.95. The topological polar surface area (TPSA) is 80.0 Å². The Balaban J connectivity index is 1.53. The molecule has 1 aliphatic carbocycles. The third kappa shape index (κ3) is 6.13.